The first-order valence-electron chi connectivity index (χ1n) is 5.18. The van der Waals surface area contributed by atoms with E-state index in [-0.39, 0.29) is 5.69 Å². The number of thiocarbonyl (C=S) groups is 1. The van der Waals surface area contributed by atoms with Crippen molar-refractivity contribution >= 4 is 39.6 Å². The lowest BCUT2D eigenvalue weighted by molar-refractivity contribution is -0.384. The highest BCUT2D eigenvalue weighted by Gasteiger charge is 2.03. The van der Waals surface area contributed by atoms with Gasteiger partial charge in [0.25, 0.3) is 5.69 Å². The lowest BCUT2D eigenvalue weighted by Gasteiger charge is -2.05. The number of nitrogens with one attached hydrogen (secondary N) is 1. The van der Waals surface area contributed by atoms with Crippen molar-refractivity contribution in [2.75, 3.05) is 18.1 Å². The van der Waals surface area contributed by atoms with E-state index in [0.717, 1.165) is 29.3 Å². The first-order valence-corrected chi connectivity index (χ1v) is 6.82. The molecule has 92 valence electrons. The van der Waals surface area contributed by atoms with E-state index in [1.54, 1.807) is 23.9 Å². The molecule has 0 unspecified atom stereocenters. The minimum absolute atomic E-state index is 0.110. The Bertz CT molecular complexity index is 393. The number of thioether (sulfide) groups is 1. The zero-order valence-electron chi connectivity index (χ0n) is 9.51. The monoisotopic (exact) mass is 270 g/mol. The summed E-state index contributed by atoms with van der Waals surface area (Å²) in [6.45, 7) is 0.818. The van der Waals surface area contributed by atoms with Crippen LogP contribution in [0.2, 0.25) is 0 Å². The molecule has 0 bridgehead atoms. The second-order valence-corrected chi connectivity index (χ2v) is 5.06. The molecular formula is C11H14N2O2S2. The SMILES string of the molecule is CSC(=S)CCCNc1ccc([N+](=O)[O-])cc1. The van der Waals surface area contributed by atoms with E-state index < -0.39 is 4.92 Å². The summed E-state index contributed by atoms with van der Waals surface area (Å²) < 4.78 is 1.01. The van der Waals surface area contributed by atoms with Crippen molar-refractivity contribution in [3.8, 4) is 0 Å². The Morgan fingerprint density at radius 3 is 2.65 bits per heavy atom. The van der Waals surface area contributed by atoms with E-state index in [0.29, 0.717) is 0 Å². The normalized spacial score (nSPS) is 9.94. The standard InChI is InChI=1S/C11H14N2O2S2/c1-17-11(16)3-2-8-12-9-4-6-10(7-5-9)13(14)15/h4-7,12H,2-3,8H2,1H3. The third-order valence-electron chi connectivity index (χ3n) is 2.19. The van der Waals surface area contributed by atoms with Crippen molar-refractivity contribution in [1.82, 2.24) is 0 Å². The van der Waals surface area contributed by atoms with Gasteiger partial charge < -0.3 is 5.32 Å². The van der Waals surface area contributed by atoms with Gasteiger partial charge in [-0.3, -0.25) is 10.1 Å². The Morgan fingerprint density at radius 1 is 1.47 bits per heavy atom. The summed E-state index contributed by atoms with van der Waals surface area (Å²) in [6, 6.07) is 6.42. The van der Waals surface area contributed by atoms with Crippen LogP contribution in [0.25, 0.3) is 0 Å². The summed E-state index contributed by atoms with van der Waals surface area (Å²) in [5.41, 5.74) is 1.00. The quantitative estimate of drug-likeness (QED) is 0.371. The number of nitro benzene ring substituents is 1. The van der Waals surface area contributed by atoms with E-state index >= 15 is 0 Å². The van der Waals surface area contributed by atoms with Crippen LogP contribution in [0, 0.1) is 10.1 Å². The van der Waals surface area contributed by atoms with Gasteiger partial charge in [0.05, 0.1) is 4.92 Å². The van der Waals surface area contributed by atoms with Crippen LogP contribution < -0.4 is 5.32 Å². The highest BCUT2D eigenvalue weighted by atomic mass is 32.2. The lowest BCUT2D eigenvalue weighted by atomic mass is 10.2. The summed E-state index contributed by atoms with van der Waals surface area (Å²) >= 11 is 6.70. The fraction of sp³-hybridized carbons (Fsp3) is 0.364. The molecule has 4 nitrogen and oxygen atoms in total. The number of nitro groups is 1. The van der Waals surface area contributed by atoms with Gasteiger partial charge in [0.2, 0.25) is 0 Å². The van der Waals surface area contributed by atoms with Crippen LogP contribution in [0.3, 0.4) is 0 Å². The summed E-state index contributed by atoms with van der Waals surface area (Å²) in [4.78, 5) is 10.0. The molecule has 0 saturated carbocycles. The van der Waals surface area contributed by atoms with Crippen LogP contribution in [-0.4, -0.2) is 21.9 Å². The van der Waals surface area contributed by atoms with Crippen molar-refractivity contribution in [2.24, 2.45) is 0 Å². The Morgan fingerprint density at radius 2 is 2.12 bits per heavy atom. The number of non-ortho nitro benzene ring substituents is 1. The maximum absolute atomic E-state index is 10.4. The van der Waals surface area contributed by atoms with Crippen LogP contribution in [0.4, 0.5) is 11.4 Å². The molecule has 0 amide bonds. The molecule has 6 heteroatoms. The van der Waals surface area contributed by atoms with Crippen LogP contribution in [0.15, 0.2) is 24.3 Å². The van der Waals surface area contributed by atoms with Crippen molar-refractivity contribution < 1.29 is 4.92 Å². The van der Waals surface area contributed by atoms with Crippen LogP contribution in [-0.2, 0) is 0 Å². The Labute approximate surface area is 110 Å². The molecule has 1 aromatic rings. The van der Waals surface area contributed by atoms with Crippen molar-refractivity contribution in [3.05, 3.63) is 34.4 Å². The Balaban J connectivity index is 2.32. The third-order valence-corrected chi connectivity index (χ3v) is 3.56. The molecule has 1 N–H and O–H groups in total. The number of rotatable bonds is 6. The summed E-state index contributed by atoms with van der Waals surface area (Å²) in [5.74, 6) is 0. The van der Waals surface area contributed by atoms with E-state index in [1.165, 1.54) is 12.1 Å². The van der Waals surface area contributed by atoms with Gasteiger partial charge in [0, 0.05) is 28.6 Å². The number of anilines is 1. The van der Waals surface area contributed by atoms with Gasteiger partial charge in [-0.25, -0.2) is 0 Å². The van der Waals surface area contributed by atoms with E-state index in [2.05, 4.69) is 5.32 Å². The Hall–Kier alpha value is -1.14. The van der Waals surface area contributed by atoms with E-state index in [9.17, 15) is 10.1 Å². The molecule has 17 heavy (non-hydrogen) atoms. The smallest absolute Gasteiger partial charge is 0.269 e. The van der Waals surface area contributed by atoms with Crippen LogP contribution in [0.1, 0.15) is 12.8 Å². The average molecular weight is 270 g/mol. The molecule has 1 aromatic carbocycles. The minimum atomic E-state index is -0.402. The van der Waals surface area contributed by atoms with Crippen LogP contribution >= 0.6 is 24.0 Å². The topological polar surface area (TPSA) is 55.2 Å². The van der Waals surface area contributed by atoms with Gasteiger partial charge in [-0.05, 0) is 31.2 Å². The summed E-state index contributed by atoms with van der Waals surface area (Å²) in [5, 5.41) is 13.6. The second-order valence-electron chi connectivity index (χ2n) is 3.41. The molecule has 1 rings (SSSR count). The fourth-order valence-corrected chi connectivity index (χ4v) is 1.76. The summed E-state index contributed by atoms with van der Waals surface area (Å²) in [6.07, 6.45) is 3.86. The molecule has 0 heterocycles. The largest absolute Gasteiger partial charge is 0.385 e. The molecular weight excluding hydrogens is 256 g/mol. The number of hydrogen-bond acceptors (Lipinski definition) is 5. The van der Waals surface area contributed by atoms with Crippen molar-refractivity contribution in [1.29, 1.82) is 0 Å². The predicted octanol–water partition coefficient (Wildman–Crippen LogP) is 3.48. The molecule has 0 aliphatic carbocycles. The minimum Gasteiger partial charge on any atom is -0.385 e. The predicted molar refractivity (Wildman–Crippen MR) is 76.9 cm³/mol. The van der Waals surface area contributed by atoms with Crippen molar-refractivity contribution in [3.63, 3.8) is 0 Å². The van der Waals surface area contributed by atoms with E-state index in [4.69, 9.17) is 12.2 Å². The zero-order valence-corrected chi connectivity index (χ0v) is 11.1. The average Bonchev–Trinajstić information content (AvgIpc) is 2.34. The van der Waals surface area contributed by atoms with Gasteiger partial charge in [-0.15, -0.1) is 11.8 Å². The molecule has 0 aliphatic heterocycles. The van der Waals surface area contributed by atoms with Gasteiger partial charge in [-0.2, -0.15) is 0 Å². The fourth-order valence-electron chi connectivity index (χ4n) is 1.27. The van der Waals surface area contributed by atoms with Crippen molar-refractivity contribution in [2.45, 2.75) is 12.8 Å². The molecule has 0 spiro atoms. The maximum Gasteiger partial charge on any atom is 0.269 e. The van der Waals surface area contributed by atoms with Gasteiger partial charge in [-0.1, -0.05) is 12.2 Å². The molecule has 0 radical (unpaired) electrons. The van der Waals surface area contributed by atoms with Gasteiger partial charge in [0.15, 0.2) is 0 Å². The van der Waals surface area contributed by atoms with Crippen LogP contribution in [0.5, 0.6) is 0 Å². The van der Waals surface area contributed by atoms with Gasteiger partial charge >= 0.3 is 0 Å². The van der Waals surface area contributed by atoms with Gasteiger partial charge in [0.1, 0.15) is 0 Å². The highest BCUT2D eigenvalue weighted by molar-refractivity contribution is 8.22. The zero-order chi connectivity index (χ0) is 12.7. The molecule has 0 saturated heterocycles. The number of benzene rings is 1. The Kier molecular flexibility index (Phi) is 5.93. The molecule has 0 aromatic heterocycles. The lowest BCUT2D eigenvalue weighted by Crippen LogP contribution is -2.03. The number of hydrogen-bond donors (Lipinski definition) is 1. The molecule has 0 atom stereocenters. The molecule has 0 aliphatic rings. The first kappa shape index (κ1) is 13.9. The highest BCUT2D eigenvalue weighted by Crippen LogP contribution is 2.15. The third kappa shape index (κ3) is 5.14. The maximum atomic E-state index is 10.4. The van der Waals surface area contributed by atoms with E-state index in [1.807, 2.05) is 6.26 Å². The first-order chi connectivity index (χ1) is 8.13. The molecule has 0 fully saturated rings. The summed E-state index contributed by atoms with van der Waals surface area (Å²) in [7, 11) is 0. The second kappa shape index (κ2) is 7.24. The number of nitrogens with zero attached hydrogens (tertiary/aromatic N) is 1.